The first-order chi connectivity index (χ1) is 8.54. The van der Waals surface area contributed by atoms with Crippen molar-refractivity contribution in [3.63, 3.8) is 0 Å². The lowest BCUT2D eigenvalue weighted by Crippen LogP contribution is -2.64. The van der Waals surface area contributed by atoms with Crippen LogP contribution in [0.15, 0.2) is 0 Å². The maximum Gasteiger partial charge on any atom is 0.303 e. The molecule has 0 spiro atoms. The first kappa shape index (κ1) is 13.3. The summed E-state index contributed by atoms with van der Waals surface area (Å²) < 4.78 is 5.07. The zero-order valence-corrected chi connectivity index (χ0v) is 10.6. The molecule has 1 unspecified atom stereocenters. The summed E-state index contributed by atoms with van der Waals surface area (Å²) in [5, 5.41) is 12.0. The van der Waals surface area contributed by atoms with Crippen molar-refractivity contribution in [3.05, 3.63) is 0 Å². The van der Waals surface area contributed by atoms with Crippen molar-refractivity contribution in [2.45, 2.75) is 31.8 Å². The van der Waals surface area contributed by atoms with E-state index in [1.54, 1.807) is 11.8 Å². The Labute approximate surface area is 106 Å². The number of carbonyl (C=O) groups excluding carboxylic acids is 1. The summed E-state index contributed by atoms with van der Waals surface area (Å²) in [6.45, 7) is 4.79. The first-order valence-corrected chi connectivity index (χ1v) is 6.38. The van der Waals surface area contributed by atoms with E-state index in [-0.39, 0.29) is 18.2 Å². The topological polar surface area (TPSA) is 78.9 Å². The van der Waals surface area contributed by atoms with Gasteiger partial charge < -0.3 is 20.1 Å². The third-order valence-electron chi connectivity index (χ3n) is 3.39. The quantitative estimate of drug-likeness (QED) is 0.681. The fraction of sp³-hybridized carbons (Fsp3) is 0.833. The number of hydrogen-bond acceptors (Lipinski definition) is 4. The van der Waals surface area contributed by atoms with Crippen LogP contribution in [0.25, 0.3) is 0 Å². The van der Waals surface area contributed by atoms with Crippen molar-refractivity contribution < 1.29 is 19.4 Å². The normalized spacial score (nSPS) is 22.2. The number of ether oxygens (including phenoxy) is 1. The van der Waals surface area contributed by atoms with E-state index in [0.29, 0.717) is 18.5 Å². The van der Waals surface area contributed by atoms with Crippen molar-refractivity contribution in [1.82, 2.24) is 10.2 Å². The molecule has 2 saturated heterocycles. The summed E-state index contributed by atoms with van der Waals surface area (Å²) in [5.41, 5.74) is 0. The first-order valence-electron chi connectivity index (χ1n) is 6.38. The van der Waals surface area contributed by atoms with Gasteiger partial charge in [0.25, 0.3) is 0 Å². The highest BCUT2D eigenvalue weighted by atomic mass is 16.5. The monoisotopic (exact) mass is 256 g/mol. The molecule has 0 aromatic rings. The lowest BCUT2D eigenvalue weighted by atomic mass is 10.0. The molecular weight excluding hydrogens is 236 g/mol. The second kappa shape index (κ2) is 5.67. The molecule has 1 atom stereocenters. The van der Waals surface area contributed by atoms with Crippen LogP contribution in [0.5, 0.6) is 0 Å². The lowest BCUT2D eigenvalue weighted by Gasteiger charge is -2.43. The largest absolute Gasteiger partial charge is 0.481 e. The number of carboxylic acid groups (broad SMARTS) is 1. The highest BCUT2D eigenvalue weighted by molar-refractivity contribution is 5.78. The molecule has 2 aliphatic rings. The van der Waals surface area contributed by atoms with E-state index in [4.69, 9.17) is 9.84 Å². The third kappa shape index (κ3) is 3.43. The van der Waals surface area contributed by atoms with E-state index >= 15 is 0 Å². The average Bonchev–Trinajstić information content (AvgIpc) is 2.10. The number of carboxylic acids is 1. The van der Waals surface area contributed by atoms with Gasteiger partial charge in [-0.15, -0.1) is 0 Å². The van der Waals surface area contributed by atoms with Crippen LogP contribution in [0.2, 0.25) is 0 Å². The van der Waals surface area contributed by atoms with Gasteiger partial charge in [-0.1, -0.05) is 6.92 Å². The Morgan fingerprint density at radius 1 is 1.33 bits per heavy atom. The molecule has 102 valence electrons. The third-order valence-corrected chi connectivity index (χ3v) is 3.39. The highest BCUT2D eigenvalue weighted by Gasteiger charge is 2.33. The molecule has 2 heterocycles. The van der Waals surface area contributed by atoms with E-state index < -0.39 is 5.97 Å². The number of nitrogens with one attached hydrogen (secondary N) is 1. The van der Waals surface area contributed by atoms with Gasteiger partial charge in [-0.2, -0.15) is 0 Å². The summed E-state index contributed by atoms with van der Waals surface area (Å²) in [6, 6.07) is 0.816. The van der Waals surface area contributed by atoms with Gasteiger partial charge in [0.05, 0.1) is 19.3 Å². The van der Waals surface area contributed by atoms with Crippen LogP contribution in [0, 0.1) is 5.92 Å². The van der Waals surface area contributed by atoms with E-state index in [9.17, 15) is 9.59 Å². The molecule has 0 aliphatic carbocycles. The van der Waals surface area contributed by atoms with Crippen LogP contribution in [0.1, 0.15) is 19.8 Å². The van der Waals surface area contributed by atoms with E-state index in [1.165, 1.54) is 0 Å². The number of rotatable bonds is 6. The Kier molecular flexibility index (Phi) is 4.19. The summed E-state index contributed by atoms with van der Waals surface area (Å²) >= 11 is 0. The number of likely N-dealkylation sites (tertiary alicyclic amines) is 1. The summed E-state index contributed by atoms with van der Waals surface area (Å²) in [5.74, 6) is -0.878. The Hall–Kier alpha value is -1.14. The minimum absolute atomic E-state index is 0.0562. The lowest BCUT2D eigenvalue weighted by molar-refractivity contribution is -0.140. The maximum atomic E-state index is 11.8. The molecule has 0 bridgehead atoms. The van der Waals surface area contributed by atoms with Gasteiger partial charge in [0.2, 0.25) is 5.91 Å². The minimum atomic E-state index is -0.844. The fourth-order valence-electron chi connectivity index (χ4n) is 2.25. The average molecular weight is 256 g/mol. The molecule has 0 radical (unpaired) electrons. The van der Waals surface area contributed by atoms with Gasteiger partial charge in [-0.25, -0.2) is 0 Å². The summed E-state index contributed by atoms with van der Waals surface area (Å²) in [4.78, 5) is 24.1. The molecule has 2 fully saturated rings. The van der Waals surface area contributed by atoms with Crippen LogP contribution in [0.4, 0.5) is 0 Å². The highest BCUT2D eigenvalue weighted by Crippen LogP contribution is 2.16. The SMILES string of the molecule is CC(CC(=O)O)CC(=O)N1CC(NC2COC2)C1. The van der Waals surface area contributed by atoms with Crippen LogP contribution in [0.3, 0.4) is 0 Å². The molecule has 0 aromatic heterocycles. The zero-order valence-electron chi connectivity index (χ0n) is 10.6. The molecule has 2 rings (SSSR count). The van der Waals surface area contributed by atoms with Crippen LogP contribution in [-0.2, 0) is 14.3 Å². The van der Waals surface area contributed by atoms with Crippen molar-refractivity contribution in [2.75, 3.05) is 26.3 Å². The Balaban J connectivity index is 1.61. The predicted molar refractivity (Wildman–Crippen MR) is 64.1 cm³/mol. The van der Waals surface area contributed by atoms with Crippen LogP contribution >= 0.6 is 0 Å². The molecular formula is C12H20N2O4. The number of hydrogen-bond donors (Lipinski definition) is 2. The molecule has 2 N–H and O–H groups in total. The number of amides is 1. The Bertz CT molecular complexity index is 324. The predicted octanol–water partition coefficient (Wildman–Crippen LogP) is -0.313. The van der Waals surface area contributed by atoms with E-state index in [0.717, 1.165) is 26.3 Å². The second-order valence-electron chi connectivity index (χ2n) is 5.30. The smallest absolute Gasteiger partial charge is 0.303 e. The van der Waals surface area contributed by atoms with Crippen LogP contribution < -0.4 is 5.32 Å². The van der Waals surface area contributed by atoms with Crippen molar-refractivity contribution >= 4 is 11.9 Å². The maximum absolute atomic E-state index is 11.8. The minimum Gasteiger partial charge on any atom is -0.481 e. The fourth-order valence-corrected chi connectivity index (χ4v) is 2.25. The van der Waals surface area contributed by atoms with Crippen molar-refractivity contribution in [1.29, 1.82) is 0 Å². The van der Waals surface area contributed by atoms with Crippen molar-refractivity contribution in [3.8, 4) is 0 Å². The molecule has 6 heteroatoms. The molecule has 0 aromatic carbocycles. The van der Waals surface area contributed by atoms with Crippen LogP contribution in [-0.4, -0.2) is 60.3 Å². The number of nitrogens with zero attached hydrogens (tertiary/aromatic N) is 1. The Morgan fingerprint density at radius 3 is 2.50 bits per heavy atom. The standard InChI is InChI=1S/C12H20N2O4/c1-8(3-12(16)17)2-11(15)14-4-9(5-14)13-10-6-18-7-10/h8-10,13H,2-7H2,1H3,(H,16,17). The Morgan fingerprint density at radius 2 is 2.00 bits per heavy atom. The number of carbonyl (C=O) groups is 2. The number of aliphatic carboxylic acids is 1. The van der Waals surface area contributed by atoms with Gasteiger partial charge in [-0.3, -0.25) is 9.59 Å². The van der Waals surface area contributed by atoms with Gasteiger partial charge in [0.1, 0.15) is 0 Å². The van der Waals surface area contributed by atoms with Gasteiger partial charge >= 0.3 is 5.97 Å². The summed E-state index contributed by atoms with van der Waals surface area (Å²) in [6.07, 6.45) is 0.381. The van der Waals surface area contributed by atoms with E-state index in [2.05, 4.69) is 5.32 Å². The molecule has 1 amide bonds. The second-order valence-corrected chi connectivity index (χ2v) is 5.30. The van der Waals surface area contributed by atoms with Gasteiger partial charge in [-0.05, 0) is 5.92 Å². The van der Waals surface area contributed by atoms with Gasteiger partial charge in [0, 0.05) is 32.0 Å². The van der Waals surface area contributed by atoms with E-state index in [1.807, 2.05) is 0 Å². The molecule has 2 aliphatic heterocycles. The molecule has 18 heavy (non-hydrogen) atoms. The van der Waals surface area contributed by atoms with Gasteiger partial charge in [0.15, 0.2) is 0 Å². The zero-order chi connectivity index (χ0) is 13.1. The molecule has 0 saturated carbocycles. The summed E-state index contributed by atoms with van der Waals surface area (Å²) in [7, 11) is 0. The van der Waals surface area contributed by atoms with Crippen molar-refractivity contribution in [2.24, 2.45) is 5.92 Å². The molecule has 6 nitrogen and oxygen atoms in total.